The molecule has 0 aliphatic heterocycles. The van der Waals surface area contributed by atoms with Crippen LogP contribution in [0.4, 0.5) is 4.39 Å². The van der Waals surface area contributed by atoms with Crippen molar-refractivity contribution < 1.29 is 9.13 Å². The Labute approximate surface area is 126 Å². The van der Waals surface area contributed by atoms with E-state index in [1.165, 1.54) is 6.07 Å². The van der Waals surface area contributed by atoms with E-state index >= 15 is 0 Å². The summed E-state index contributed by atoms with van der Waals surface area (Å²) in [6, 6.07) is 14.9. The third-order valence-electron chi connectivity index (χ3n) is 3.48. The van der Waals surface area contributed by atoms with Crippen molar-refractivity contribution in [2.75, 3.05) is 13.2 Å². The van der Waals surface area contributed by atoms with Crippen molar-refractivity contribution in [3.05, 3.63) is 65.5 Å². The zero-order chi connectivity index (χ0) is 15.1. The Hall–Kier alpha value is -1.87. The van der Waals surface area contributed by atoms with Crippen LogP contribution >= 0.6 is 0 Å². The molecule has 0 saturated heterocycles. The van der Waals surface area contributed by atoms with Crippen molar-refractivity contribution in [1.82, 2.24) is 5.32 Å². The number of halogens is 1. The Morgan fingerprint density at radius 1 is 1.14 bits per heavy atom. The quantitative estimate of drug-likeness (QED) is 0.822. The first-order valence-electron chi connectivity index (χ1n) is 7.38. The van der Waals surface area contributed by atoms with Gasteiger partial charge in [0.2, 0.25) is 0 Å². The third kappa shape index (κ3) is 4.57. The van der Waals surface area contributed by atoms with Crippen LogP contribution in [0.25, 0.3) is 0 Å². The summed E-state index contributed by atoms with van der Waals surface area (Å²) in [5.74, 6) is 0.690. The SMILES string of the molecule is CCNC(CCOc1ccccc1)c1ccc(F)cc1C. The largest absolute Gasteiger partial charge is 0.494 e. The maximum atomic E-state index is 13.2. The number of benzene rings is 2. The second-order valence-corrected chi connectivity index (χ2v) is 5.06. The van der Waals surface area contributed by atoms with Gasteiger partial charge in [-0.25, -0.2) is 4.39 Å². The predicted molar refractivity (Wildman–Crippen MR) is 84.1 cm³/mol. The Kier molecular flexibility index (Phi) is 5.76. The van der Waals surface area contributed by atoms with Gasteiger partial charge in [0.15, 0.2) is 0 Å². The highest BCUT2D eigenvalue weighted by Gasteiger charge is 2.13. The molecular formula is C18H22FNO. The summed E-state index contributed by atoms with van der Waals surface area (Å²) in [4.78, 5) is 0. The van der Waals surface area contributed by atoms with E-state index in [0.717, 1.165) is 29.8 Å². The summed E-state index contributed by atoms with van der Waals surface area (Å²) in [5, 5.41) is 3.44. The van der Waals surface area contributed by atoms with Crippen LogP contribution in [0.1, 0.15) is 30.5 Å². The van der Waals surface area contributed by atoms with Crippen LogP contribution in [0.15, 0.2) is 48.5 Å². The number of nitrogens with one attached hydrogen (secondary N) is 1. The van der Waals surface area contributed by atoms with E-state index in [-0.39, 0.29) is 11.9 Å². The molecule has 0 heterocycles. The first-order chi connectivity index (χ1) is 10.2. The molecule has 2 rings (SSSR count). The highest BCUT2D eigenvalue weighted by atomic mass is 19.1. The molecule has 2 nitrogen and oxygen atoms in total. The van der Waals surface area contributed by atoms with Crippen molar-refractivity contribution in [2.24, 2.45) is 0 Å². The van der Waals surface area contributed by atoms with E-state index in [1.807, 2.05) is 43.3 Å². The van der Waals surface area contributed by atoms with E-state index in [9.17, 15) is 4.39 Å². The summed E-state index contributed by atoms with van der Waals surface area (Å²) in [7, 11) is 0. The molecule has 0 aromatic heterocycles. The molecular weight excluding hydrogens is 265 g/mol. The minimum absolute atomic E-state index is 0.180. The van der Waals surface area contributed by atoms with Gasteiger partial charge in [-0.05, 0) is 48.9 Å². The molecule has 0 bridgehead atoms. The lowest BCUT2D eigenvalue weighted by Crippen LogP contribution is -2.23. The topological polar surface area (TPSA) is 21.3 Å². The predicted octanol–water partition coefficient (Wildman–Crippen LogP) is 4.25. The second kappa shape index (κ2) is 7.79. The van der Waals surface area contributed by atoms with E-state index in [0.29, 0.717) is 6.61 Å². The molecule has 0 amide bonds. The van der Waals surface area contributed by atoms with Crippen LogP contribution in [0.3, 0.4) is 0 Å². The summed E-state index contributed by atoms with van der Waals surface area (Å²) >= 11 is 0. The van der Waals surface area contributed by atoms with Gasteiger partial charge in [-0.15, -0.1) is 0 Å². The fourth-order valence-electron chi connectivity index (χ4n) is 2.46. The Morgan fingerprint density at radius 3 is 2.57 bits per heavy atom. The molecule has 0 fully saturated rings. The van der Waals surface area contributed by atoms with Crippen LogP contribution in [-0.4, -0.2) is 13.2 Å². The van der Waals surface area contributed by atoms with Crippen LogP contribution < -0.4 is 10.1 Å². The highest BCUT2D eigenvalue weighted by Crippen LogP contribution is 2.22. The van der Waals surface area contributed by atoms with Crippen molar-refractivity contribution >= 4 is 0 Å². The molecule has 1 atom stereocenters. The fourth-order valence-corrected chi connectivity index (χ4v) is 2.46. The van der Waals surface area contributed by atoms with Crippen molar-refractivity contribution in [3.8, 4) is 5.75 Å². The zero-order valence-corrected chi connectivity index (χ0v) is 12.6. The molecule has 0 aliphatic rings. The molecule has 1 N–H and O–H groups in total. The lowest BCUT2D eigenvalue weighted by molar-refractivity contribution is 0.287. The first-order valence-corrected chi connectivity index (χ1v) is 7.38. The number of aryl methyl sites for hydroxylation is 1. The molecule has 3 heteroatoms. The van der Waals surface area contributed by atoms with Crippen LogP contribution in [0, 0.1) is 12.7 Å². The van der Waals surface area contributed by atoms with E-state index in [2.05, 4.69) is 12.2 Å². The van der Waals surface area contributed by atoms with Crippen molar-refractivity contribution in [1.29, 1.82) is 0 Å². The average Bonchev–Trinajstić information content (AvgIpc) is 2.48. The van der Waals surface area contributed by atoms with E-state index < -0.39 is 0 Å². The van der Waals surface area contributed by atoms with Crippen LogP contribution in [0.2, 0.25) is 0 Å². The zero-order valence-electron chi connectivity index (χ0n) is 12.6. The average molecular weight is 287 g/mol. The van der Waals surface area contributed by atoms with Gasteiger partial charge in [0.1, 0.15) is 11.6 Å². The third-order valence-corrected chi connectivity index (χ3v) is 3.48. The summed E-state index contributed by atoms with van der Waals surface area (Å²) in [5.41, 5.74) is 2.11. The molecule has 2 aromatic rings. The maximum Gasteiger partial charge on any atom is 0.123 e. The molecule has 0 aliphatic carbocycles. The number of hydrogen-bond acceptors (Lipinski definition) is 2. The number of para-hydroxylation sites is 1. The molecule has 2 aromatic carbocycles. The van der Waals surface area contributed by atoms with Gasteiger partial charge in [0, 0.05) is 12.5 Å². The fraction of sp³-hybridized carbons (Fsp3) is 0.333. The summed E-state index contributed by atoms with van der Waals surface area (Å²) in [6.45, 7) is 5.51. The van der Waals surface area contributed by atoms with Crippen molar-refractivity contribution in [3.63, 3.8) is 0 Å². The van der Waals surface area contributed by atoms with Gasteiger partial charge in [-0.1, -0.05) is 31.2 Å². The molecule has 21 heavy (non-hydrogen) atoms. The normalized spacial score (nSPS) is 12.1. The van der Waals surface area contributed by atoms with E-state index in [4.69, 9.17) is 4.74 Å². The minimum Gasteiger partial charge on any atom is -0.494 e. The highest BCUT2D eigenvalue weighted by molar-refractivity contribution is 5.29. The monoisotopic (exact) mass is 287 g/mol. The summed E-state index contributed by atoms with van der Waals surface area (Å²) in [6.07, 6.45) is 0.842. The van der Waals surface area contributed by atoms with Crippen molar-refractivity contribution in [2.45, 2.75) is 26.3 Å². The summed E-state index contributed by atoms with van der Waals surface area (Å²) < 4.78 is 19.0. The van der Waals surface area contributed by atoms with Gasteiger partial charge in [0.25, 0.3) is 0 Å². The van der Waals surface area contributed by atoms with Gasteiger partial charge in [-0.2, -0.15) is 0 Å². The molecule has 1 unspecified atom stereocenters. The number of ether oxygens (including phenoxy) is 1. The maximum absolute atomic E-state index is 13.2. The standard InChI is InChI=1S/C18H22FNO/c1-3-20-18(17-10-9-15(19)13-14(17)2)11-12-21-16-7-5-4-6-8-16/h4-10,13,18,20H,3,11-12H2,1-2H3. The molecule has 112 valence electrons. The molecule has 0 saturated carbocycles. The van der Waals surface area contributed by atoms with Gasteiger partial charge in [-0.3, -0.25) is 0 Å². The number of rotatable bonds is 7. The van der Waals surface area contributed by atoms with Crippen LogP contribution in [0.5, 0.6) is 5.75 Å². The van der Waals surface area contributed by atoms with Gasteiger partial charge >= 0.3 is 0 Å². The van der Waals surface area contributed by atoms with E-state index in [1.54, 1.807) is 6.07 Å². The lowest BCUT2D eigenvalue weighted by atomic mass is 9.99. The number of hydrogen-bond donors (Lipinski definition) is 1. The Balaban J connectivity index is 1.98. The van der Waals surface area contributed by atoms with Crippen LogP contribution in [-0.2, 0) is 0 Å². The van der Waals surface area contributed by atoms with Gasteiger partial charge < -0.3 is 10.1 Å². The minimum atomic E-state index is -0.188. The first kappa shape index (κ1) is 15.5. The second-order valence-electron chi connectivity index (χ2n) is 5.06. The molecule has 0 spiro atoms. The Bertz CT molecular complexity index is 556. The van der Waals surface area contributed by atoms with Gasteiger partial charge in [0.05, 0.1) is 6.61 Å². The Morgan fingerprint density at radius 2 is 1.90 bits per heavy atom. The smallest absolute Gasteiger partial charge is 0.123 e. The molecule has 0 radical (unpaired) electrons. The lowest BCUT2D eigenvalue weighted by Gasteiger charge is -2.20.